The molecule has 1 N–H and O–H groups in total. The van der Waals surface area contributed by atoms with E-state index in [1.807, 2.05) is 0 Å². The highest BCUT2D eigenvalue weighted by atomic mass is 32.1. The van der Waals surface area contributed by atoms with Gasteiger partial charge < -0.3 is 14.7 Å². The first kappa shape index (κ1) is 18.4. The van der Waals surface area contributed by atoms with Crippen LogP contribution < -0.4 is 4.90 Å². The van der Waals surface area contributed by atoms with Gasteiger partial charge in [0.15, 0.2) is 22.3 Å². The van der Waals surface area contributed by atoms with Gasteiger partial charge in [-0.05, 0) is 37.5 Å². The van der Waals surface area contributed by atoms with Gasteiger partial charge in [0.1, 0.15) is 5.75 Å². The van der Waals surface area contributed by atoms with E-state index < -0.39 is 11.8 Å². The lowest BCUT2D eigenvalue weighted by atomic mass is 10.0. The zero-order valence-electron chi connectivity index (χ0n) is 15.3. The van der Waals surface area contributed by atoms with Gasteiger partial charge in [-0.25, -0.2) is 9.78 Å². The molecule has 1 aliphatic rings. The van der Waals surface area contributed by atoms with Crippen molar-refractivity contribution in [3.8, 4) is 5.75 Å². The van der Waals surface area contributed by atoms with E-state index in [0.29, 0.717) is 10.3 Å². The number of phenolic OH excluding ortho intramolecular Hbond substituents is 1. The molecule has 0 bridgehead atoms. The molecule has 1 aliphatic heterocycles. The number of anilines is 1. The lowest BCUT2D eigenvalue weighted by molar-refractivity contribution is 0.0591. The number of carbonyl (C=O) groups is 2. The number of benzene rings is 1. The zero-order chi connectivity index (χ0) is 19.7. The summed E-state index contributed by atoms with van der Waals surface area (Å²) in [6, 6.07) is 7.84. The Labute approximate surface area is 165 Å². The molecule has 28 heavy (non-hydrogen) atoms. The van der Waals surface area contributed by atoms with Crippen LogP contribution in [0.3, 0.4) is 0 Å². The summed E-state index contributed by atoms with van der Waals surface area (Å²) in [7, 11) is 1.24. The van der Waals surface area contributed by atoms with Crippen LogP contribution in [0.4, 0.5) is 5.13 Å². The van der Waals surface area contributed by atoms with Gasteiger partial charge >= 0.3 is 5.97 Å². The maximum absolute atomic E-state index is 13.0. The number of aromatic hydroxyl groups is 1. The van der Waals surface area contributed by atoms with Crippen LogP contribution >= 0.6 is 11.3 Å². The molecule has 0 atom stereocenters. The van der Waals surface area contributed by atoms with Crippen LogP contribution in [0.25, 0.3) is 10.3 Å². The summed E-state index contributed by atoms with van der Waals surface area (Å²) in [5.74, 6) is -1.35. The van der Waals surface area contributed by atoms with Crippen molar-refractivity contribution >= 4 is 38.6 Å². The Balaban J connectivity index is 1.82. The first-order valence-electron chi connectivity index (χ1n) is 9.06. The van der Waals surface area contributed by atoms with E-state index in [-0.39, 0.29) is 22.6 Å². The predicted octanol–water partition coefficient (Wildman–Crippen LogP) is 3.40. The third-order valence-electron chi connectivity index (χ3n) is 4.77. The fourth-order valence-corrected chi connectivity index (χ4v) is 4.31. The summed E-state index contributed by atoms with van der Waals surface area (Å²) in [4.78, 5) is 36.4. The van der Waals surface area contributed by atoms with Crippen molar-refractivity contribution in [3.05, 3.63) is 47.2 Å². The van der Waals surface area contributed by atoms with Crippen molar-refractivity contribution in [1.82, 2.24) is 9.97 Å². The van der Waals surface area contributed by atoms with Crippen molar-refractivity contribution in [2.45, 2.75) is 19.3 Å². The fourth-order valence-electron chi connectivity index (χ4n) is 3.31. The Bertz CT molecular complexity index is 1060. The van der Waals surface area contributed by atoms with Gasteiger partial charge in [0.2, 0.25) is 0 Å². The SMILES string of the molecule is COC(=O)c1nc2nc(N3CCCCC3)sc2cc1C(=O)c1ccccc1O. The van der Waals surface area contributed by atoms with Crippen molar-refractivity contribution in [1.29, 1.82) is 0 Å². The molecule has 1 saturated heterocycles. The van der Waals surface area contributed by atoms with Crippen molar-refractivity contribution in [2.75, 3.05) is 25.1 Å². The number of ether oxygens (including phenoxy) is 1. The lowest BCUT2D eigenvalue weighted by Gasteiger charge is -2.25. The second-order valence-corrected chi connectivity index (χ2v) is 7.60. The van der Waals surface area contributed by atoms with E-state index in [2.05, 4.69) is 14.9 Å². The number of hydrogen-bond donors (Lipinski definition) is 1. The Hall–Kier alpha value is -3.00. The van der Waals surface area contributed by atoms with Gasteiger partial charge in [-0.15, -0.1) is 0 Å². The highest BCUT2D eigenvalue weighted by Crippen LogP contribution is 2.32. The summed E-state index contributed by atoms with van der Waals surface area (Å²) in [6.45, 7) is 1.88. The van der Waals surface area contributed by atoms with Gasteiger partial charge in [0, 0.05) is 13.1 Å². The molecular weight excluding hydrogens is 378 g/mol. The highest BCUT2D eigenvalue weighted by Gasteiger charge is 2.25. The Morgan fingerprint density at radius 2 is 1.86 bits per heavy atom. The van der Waals surface area contributed by atoms with E-state index in [1.54, 1.807) is 18.2 Å². The Morgan fingerprint density at radius 3 is 2.57 bits per heavy atom. The second kappa shape index (κ2) is 7.55. The van der Waals surface area contributed by atoms with Crippen LogP contribution in [0.15, 0.2) is 30.3 Å². The molecule has 0 spiro atoms. The summed E-state index contributed by atoms with van der Waals surface area (Å²) >= 11 is 1.45. The number of rotatable bonds is 4. The quantitative estimate of drug-likeness (QED) is 0.533. The number of pyridine rings is 1. The molecule has 8 heteroatoms. The molecule has 7 nitrogen and oxygen atoms in total. The molecule has 1 fully saturated rings. The van der Waals surface area contributed by atoms with Crippen molar-refractivity contribution < 1.29 is 19.4 Å². The van der Waals surface area contributed by atoms with Crippen LogP contribution in [0.1, 0.15) is 45.7 Å². The maximum Gasteiger partial charge on any atom is 0.357 e. The van der Waals surface area contributed by atoms with Crippen LogP contribution in [0.5, 0.6) is 5.75 Å². The minimum atomic E-state index is -0.715. The van der Waals surface area contributed by atoms with Gasteiger partial charge in [0.05, 0.1) is 22.9 Å². The molecule has 0 radical (unpaired) electrons. The van der Waals surface area contributed by atoms with Crippen molar-refractivity contribution in [2.24, 2.45) is 0 Å². The monoisotopic (exact) mass is 397 g/mol. The molecule has 3 heterocycles. The number of nitrogens with zero attached hydrogens (tertiary/aromatic N) is 3. The number of thiazole rings is 1. The van der Waals surface area contributed by atoms with Crippen LogP contribution in [0.2, 0.25) is 0 Å². The molecule has 144 valence electrons. The van der Waals surface area contributed by atoms with E-state index in [4.69, 9.17) is 4.74 Å². The second-order valence-electron chi connectivity index (χ2n) is 6.59. The smallest absolute Gasteiger partial charge is 0.357 e. The average molecular weight is 397 g/mol. The highest BCUT2D eigenvalue weighted by molar-refractivity contribution is 7.22. The van der Waals surface area contributed by atoms with Gasteiger partial charge in [0.25, 0.3) is 0 Å². The maximum atomic E-state index is 13.0. The number of para-hydroxylation sites is 1. The van der Waals surface area contributed by atoms with E-state index in [0.717, 1.165) is 31.1 Å². The van der Waals surface area contributed by atoms with Gasteiger partial charge in [-0.3, -0.25) is 4.79 Å². The average Bonchev–Trinajstić information content (AvgIpc) is 3.16. The number of piperidine rings is 1. The molecular formula is C20H19N3O4S. The number of hydrogen-bond acceptors (Lipinski definition) is 8. The third-order valence-corrected chi connectivity index (χ3v) is 5.82. The zero-order valence-corrected chi connectivity index (χ0v) is 16.2. The number of ketones is 1. The number of carbonyl (C=O) groups excluding carboxylic acids is 2. The summed E-state index contributed by atoms with van der Waals surface area (Å²) in [6.07, 6.45) is 3.45. The molecule has 0 saturated carbocycles. The number of phenols is 1. The minimum Gasteiger partial charge on any atom is -0.507 e. The molecule has 0 aliphatic carbocycles. The molecule has 3 aromatic rings. The van der Waals surface area contributed by atoms with Crippen LogP contribution in [-0.2, 0) is 4.74 Å². The van der Waals surface area contributed by atoms with E-state index in [1.165, 1.54) is 37.0 Å². The number of methoxy groups -OCH3 is 1. The number of aromatic nitrogens is 2. The minimum absolute atomic E-state index is 0.0923. The lowest BCUT2D eigenvalue weighted by Crippen LogP contribution is -2.29. The van der Waals surface area contributed by atoms with Gasteiger partial charge in [-0.2, -0.15) is 4.98 Å². The van der Waals surface area contributed by atoms with Gasteiger partial charge in [-0.1, -0.05) is 23.5 Å². The van der Waals surface area contributed by atoms with Crippen LogP contribution in [0, 0.1) is 0 Å². The largest absolute Gasteiger partial charge is 0.507 e. The van der Waals surface area contributed by atoms with Crippen LogP contribution in [-0.4, -0.2) is 47.0 Å². The summed E-state index contributed by atoms with van der Waals surface area (Å²) < 4.78 is 5.53. The number of fused-ring (bicyclic) bond motifs is 1. The summed E-state index contributed by atoms with van der Waals surface area (Å²) in [5.41, 5.74) is 0.517. The van der Waals surface area contributed by atoms with E-state index >= 15 is 0 Å². The Morgan fingerprint density at radius 1 is 1.11 bits per heavy atom. The Kier molecular flexibility index (Phi) is 4.95. The molecule has 0 amide bonds. The first-order valence-corrected chi connectivity index (χ1v) is 9.87. The van der Waals surface area contributed by atoms with E-state index in [9.17, 15) is 14.7 Å². The topological polar surface area (TPSA) is 92.6 Å². The predicted molar refractivity (Wildman–Crippen MR) is 106 cm³/mol. The normalized spacial score (nSPS) is 14.2. The standard InChI is InChI=1S/C20H19N3O4S/c1-27-19(26)16-13(17(25)12-7-3-4-8-14(12)24)11-15-18(21-16)22-20(28-15)23-9-5-2-6-10-23/h3-4,7-8,11,24H,2,5-6,9-10H2,1H3. The third kappa shape index (κ3) is 3.31. The first-order chi connectivity index (χ1) is 13.6. The molecule has 1 aromatic carbocycles. The number of esters is 1. The fraction of sp³-hybridized carbons (Fsp3) is 0.300. The van der Waals surface area contributed by atoms with Crippen molar-refractivity contribution in [3.63, 3.8) is 0 Å². The molecule has 2 aromatic heterocycles. The summed E-state index contributed by atoms with van der Waals surface area (Å²) in [5, 5.41) is 10.9. The molecule has 0 unspecified atom stereocenters. The molecule has 4 rings (SSSR count).